The molecule has 208 valence electrons. The molecule has 3 aromatic rings. The zero-order chi connectivity index (χ0) is 27.4. The van der Waals surface area contributed by atoms with E-state index in [2.05, 4.69) is 52.6 Å². The third-order valence-electron chi connectivity index (χ3n) is 9.60. The minimum Gasteiger partial charge on any atom is -0.462 e. The normalized spacial score (nSPS) is 25.9. The minimum absolute atomic E-state index is 0.125. The highest BCUT2D eigenvalue weighted by molar-refractivity contribution is 6.36. The Morgan fingerprint density at radius 2 is 1.95 bits per heavy atom. The number of carbonyl (C=O) groups excluding carboxylic acids is 1. The maximum absolute atomic E-state index is 12.4. The van der Waals surface area contributed by atoms with Gasteiger partial charge in [-0.05, 0) is 74.7 Å². The van der Waals surface area contributed by atoms with Crippen molar-refractivity contribution < 1.29 is 9.53 Å². The number of nitrogens with zero attached hydrogens (tertiary/aromatic N) is 5. The number of piperidine rings is 1. The molecule has 1 saturated carbocycles. The summed E-state index contributed by atoms with van der Waals surface area (Å²) in [5, 5.41) is 2.99. The predicted molar refractivity (Wildman–Crippen MR) is 159 cm³/mol. The average molecular weight is 558 g/mol. The Morgan fingerprint density at radius 1 is 1.10 bits per heavy atom. The van der Waals surface area contributed by atoms with Crippen LogP contribution in [0.2, 0.25) is 5.02 Å². The molecule has 2 saturated heterocycles. The Hall–Kier alpha value is -3.16. The van der Waals surface area contributed by atoms with Crippen molar-refractivity contribution in [2.75, 3.05) is 49.6 Å². The summed E-state index contributed by atoms with van der Waals surface area (Å²) in [5.41, 5.74) is 3.36. The van der Waals surface area contributed by atoms with E-state index in [1.54, 1.807) is 0 Å². The largest absolute Gasteiger partial charge is 0.462 e. The fraction of sp³-hybridized carbons (Fsp3) is 0.469. The summed E-state index contributed by atoms with van der Waals surface area (Å²) in [4.78, 5) is 29.6. The highest BCUT2D eigenvalue weighted by Gasteiger charge is 2.55. The van der Waals surface area contributed by atoms with Crippen LogP contribution in [0.15, 0.2) is 49.1 Å². The van der Waals surface area contributed by atoms with E-state index in [1.807, 2.05) is 12.1 Å². The van der Waals surface area contributed by atoms with Crippen molar-refractivity contribution in [2.24, 2.45) is 17.8 Å². The molecule has 0 bridgehead atoms. The van der Waals surface area contributed by atoms with E-state index in [1.165, 1.54) is 18.1 Å². The molecule has 4 aliphatic rings. The van der Waals surface area contributed by atoms with Gasteiger partial charge in [0.2, 0.25) is 0 Å². The van der Waals surface area contributed by atoms with Crippen LogP contribution < -0.4 is 14.5 Å². The molecule has 7 nitrogen and oxygen atoms in total. The second-order valence-electron chi connectivity index (χ2n) is 11.8. The number of aromatic nitrogens is 2. The molecule has 3 fully saturated rings. The first-order valence-corrected chi connectivity index (χ1v) is 15.0. The minimum atomic E-state index is 0.125. The molecule has 4 heterocycles. The summed E-state index contributed by atoms with van der Waals surface area (Å²) < 4.78 is 6.30. The number of benzene rings is 2. The van der Waals surface area contributed by atoms with Gasteiger partial charge in [-0.15, -0.1) is 0 Å². The van der Waals surface area contributed by atoms with Crippen LogP contribution in [0.3, 0.4) is 0 Å². The molecule has 1 aromatic heterocycles. The van der Waals surface area contributed by atoms with Gasteiger partial charge in [-0.2, -0.15) is 9.97 Å². The summed E-state index contributed by atoms with van der Waals surface area (Å²) in [6.45, 7) is 8.71. The van der Waals surface area contributed by atoms with Crippen molar-refractivity contribution in [1.82, 2.24) is 14.9 Å². The zero-order valence-corrected chi connectivity index (χ0v) is 23.8. The molecular formula is C32H36ClN5O2. The fourth-order valence-electron chi connectivity index (χ4n) is 7.31. The third-order valence-corrected chi connectivity index (χ3v) is 9.91. The number of halogens is 1. The summed E-state index contributed by atoms with van der Waals surface area (Å²) in [7, 11) is 2.16. The molecule has 0 amide bonds. The topological polar surface area (TPSA) is 61.8 Å². The number of carbonyl (C=O) groups is 1. The number of hydrogen-bond acceptors (Lipinski definition) is 7. The summed E-state index contributed by atoms with van der Waals surface area (Å²) >= 11 is 6.70. The van der Waals surface area contributed by atoms with Gasteiger partial charge in [-0.1, -0.05) is 42.4 Å². The number of fused-ring (bicyclic) bond motifs is 3. The number of allylic oxidation sites excluding steroid dienone is 1. The standard InChI is InChI=1S/C32H36ClN5O2/c1-3-28(39)30-22-12-16-38(17-24(22)30)31-23-13-15-37(27-11-5-8-20-7-4-10-25(33)29(20)27)18-26(23)34-32(35-31)40-19-21-9-6-14-36(21)2/h3-5,7-8,10-11,21-22,24,30H,1,6,9,12-19H2,2H3/t21?,22-,24+,30+/m0/s1. The van der Waals surface area contributed by atoms with Gasteiger partial charge in [0.1, 0.15) is 12.4 Å². The monoisotopic (exact) mass is 557 g/mol. The van der Waals surface area contributed by atoms with Crippen LogP contribution in [0, 0.1) is 17.8 Å². The second kappa shape index (κ2) is 10.3. The van der Waals surface area contributed by atoms with Crippen molar-refractivity contribution >= 4 is 39.7 Å². The van der Waals surface area contributed by atoms with E-state index >= 15 is 0 Å². The molecular weight excluding hydrogens is 522 g/mol. The lowest BCUT2D eigenvalue weighted by Gasteiger charge is -2.35. The first kappa shape index (κ1) is 25.8. The van der Waals surface area contributed by atoms with Gasteiger partial charge >= 0.3 is 6.01 Å². The van der Waals surface area contributed by atoms with Gasteiger partial charge in [0, 0.05) is 48.2 Å². The highest BCUT2D eigenvalue weighted by Crippen LogP contribution is 2.53. The zero-order valence-electron chi connectivity index (χ0n) is 23.1. The van der Waals surface area contributed by atoms with Crippen LogP contribution >= 0.6 is 11.6 Å². The lowest BCUT2D eigenvalue weighted by Crippen LogP contribution is -2.37. The van der Waals surface area contributed by atoms with Crippen molar-refractivity contribution in [3.8, 4) is 6.01 Å². The number of ether oxygens (including phenoxy) is 1. The lowest BCUT2D eigenvalue weighted by molar-refractivity contribution is -0.116. The molecule has 0 spiro atoms. The molecule has 7 rings (SSSR count). The van der Waals surface area contributed by atoms with E-state index in [4.69, 9.17) is 26.3 Å². The number of likely N-dealkylation sites (tertiary alicyclic amines) is 1. The van der Waals surface area contributed by atoms with Crippen molar-refractivity contribution in [1.29, 1.82) is 0 Å². The van der Waals surface area contributed by atoms with Crippen molar-refractivity contribution in [3.05, 3.63) is 65.3 Å². The molecule has 0 N–H and O–H groups in total. The highest BCUT2D eigenvalue weighted by atomic mass is 35.5. The molecule has 1 aliphatic carbocycles. The molecule has 4 atom stereocenters. The summed E-state index contributed by atoms with van der Waals surface area (Å²) in [5.74, 6) is 2.18. The van der Waals surface area contributed by atoms with E-state index < -0.39 is 0 Å². The van der Waals surface area contributed by atoms with Crippen LogP contribution in [-0.2, 0) is 17.8 Å². The Labute approximate surface area is 240 Å². The Kier molecular flexibility index (Phi) is 6.67. The average Bonchev–Trinajstić information content (AvgIpc) is 3.56. The van der Waals surface area contributed by atoms with E-state index in [0.29, 0.717) is 37.0 Å². The first-order valence-electron chi connectivity index (χ1n) is 14.6. The van der Waals surface area contributed by atoms with E-state index in [0.717, 1.165) is 78.4 Å². The molecule has 8 heteroatoms. The Morgan fingerprint density at radius 3 is 2.75 bits per heavy atom. The number of likely N-dealkylation sites (N-methyl/N-ethyl adjacent to an activating group) is 1. The number of hydrogen-bond donors (Lipinski definition) is 0. The van der Waals surface area contributed by atoms with Gasteiger partial charge in [0.25, 0.3) is 0 Å². The Balaban J connectivity index is 1.21. The Bertz CT molecular complexity index is 1470. The van der Waals surface area contributed by atoms with Crippen LogP contribution in [0.5, 0.6) is 6.01 Å². The molecule has 3 aliphatic heterocycles. The van der Waals surface area contributed by atoms with Gasteiger partial charge in [0.15, 0.2) is 5.78 Å². The number of anilines is 2. The van der Waals surface area contributed by atoms with Crippen LogP contribution in [0.4, 0.5) is 11.5 Å². The maximum Gasteiger partial charge on any atom is 0.318 e. The number of rotatable bonds is 7. The second-order valence-corrected chi connectivity index (χ2v) is 12.2. The molecule has 0 radical (unpaired) electrons. The molecule has 1 unspecified atom stereocenters. The maximum atomic E-state index is 12.4. The van der Waals surface area contributed by atoms with Gasteiger partial charge in [-0.25, -0.2) is 0 Å². The van der Waals surface area contributed by atoms with E-state index in [-0.39, 0.29) is 11.7 Å². The number of ketones is 1. The van der Waals surface area contributed by atoms with Gasteiger partial charge in [0.05, 0.1) is 17.3 Å². The quantitative estimate of drug-likeness (QED) is 0.372. The van der Waals surface area contributed by atoms with Gasteiger partial charge < -0.3 is 19.4 Å². The van der Waals surface area contributed by atoms with Crippen molar-refractivity contribution in [3.63, 3.8) is 0 Å². The molecule has 40 heavy (non-hydrogen) atoms. The van der Waals surface area contributed by atoms with Crippen LogP contribution in [-0.4, -0.2) is 66.5 Å². The first-order chi connectivity index (χ1) is 19.5. The van der Waals surface area contributed by atoms with Crippen LogP contribution in [0.1, 0.15) is 30.5 Å². The van der Waals surface area contributed by atoms with E-state index in [9.17, 15) is 4.79 Å². The SMILES string of the molecule is C=CC(=O)[C@H]1[C@@H]2CN(c3nc(OCC4CCCN4C)nc4c3CCN(c3cccc5cccc(Cl)c35)C4)CC[C@@H]21. The van der Waals surface area contributed by atoms with Gasteiger partial charge in [-0.3, -0.25) is 4.79 Å². The third kappa shape index (κ3) is 4.53. The fourth-order valence-corrected chi connectivity index (χ4v) is 7.59. The smallest absolute Gasteiger partial charge is 0.318 e. The summed E-state index contributed by atoms with van der Waals surface area (Å²) in [6.07, 6.45) is 5.69. The molecule has 2 aromatic carbocycles. The van der Waals surface area contributed by atoms with Crippen molar-refractivity contribution in [2.45, 2.75) is 38.3 Å². The predicted octanol–water partition coefficient (Wildman–Crippen LogP) is 5.15. The summed E-state index contributed by atoms with van der Waals surface area (Å²) in [6, 6.07) is 13.3. The van der Waals surface area contributed by atoms with Crippen LogP contribution in [0.25, 0.3) is 10.8 Å². The lowest BCUT2D eigenvalue weighted by atomic mass is 10.0.